The number of halogens is 1. The molecule has 1 aromatic carbocycles. The summed E-state index contributed by atoms with van der Waals surface area (Å²) in [6.07, 6.45) is 2.00. The summed E-state index contributed by atoms with van der Waals surface area (Å²) in [5.74, 6) is 0. The fraction of sp³-hybridized carbons (Fsp3) is 0.500. The zero-order valence-electron chi connectivity index (χ0n) is 12.2. The molecule has 0 aromatic heterocycles. The highest BCUT2D eigenvalue weighted by Gasteiger charge is 2.03. The van der Waals surface area contributed by atoms with E-state index in [0.717, 1.165) is 17.3 Å². The van der Waals surface area contributed by atoms with Gasteiger partial charge in [0.25, 0.3) is 0 Å². The maximum atomic E-state index is 7.88. The van der Waals surface area contributed by atoms with Crippen LogP contribution in [0, 0.1) is 6.92 Å². The van der Waals surface area contributed by atoms with Crippen LogP contribution in [-0.2, 0) is 0 Å². The Bertz CT molecular complexity index is 392. The van der Waals surface area contributed by atoms with E-state index < -0.39 is 0 Å². The van der Waals surface area contributed by atoms with Crippen LogP contribution in [0.15, 0.2) is 28.2 Å². The number of hydrogen-bond acceptors (Lipinski definition) is 1. The number of benzene rings is 1. The van der Waals surface area contributed by atoms with Gasteiger partial charge in [0.1, 0.15) is 0 Å². The lowest BCUT2D eigenvalue weighted by Gasteiger charge is -2.10. The van der Waals surface area contributed by atoms with E-state index in [0.29, 0.717) is 6.61 Å². The van der Waals surface area contributed by atoms with E-state index >= 15 is 0 Å². The topological polar surface area (TPSA) is 20.2 Å². The molecule has 0 aliphatic carbocycles. The van der Waals surface area contributed by atoms with Crippen molar-refractivity contribution in [1.29, 1.82) is 0 Å². The Balaban J connectivity index is 0.000000631. The minimum atomic E-state index is 0.319. The van der Waals surface area contributed by atoms with Gasteiger partial charge >= 0.3 is 0 Å². The molecule has 1 nitrogen and oxygen atoms in total. The van der Waals surface area contributed by atoms with Crippen molar-refractivity contribution in [2.45, 2.75) is 47.5 Å². The second kappa shape index (κ2) is 9.35. The van der Waals surface area contributed by atoms with Crippen LogP contribution in [0.3, 0.4) is 0 Å². The maximum absolute atomic E-state index is 7.88. The molecule has 102 valence electrons. The minimum Gasteiger partial charge on any atom is -0.396 e. The van der Waals surface area contributed by atoms with Gasteiger partial charge in [-0.15, -0.1) is 0 Å². The van der Waals surface area contributed by atoms with E-state index in [4.69, 9.17) is 5.11 Å². The van der Waals surface area contributed by atoms with Crippen LogP contribution < -0.4 is 0 Å². The molecule has 0 saturated carbocycles. The summed E-state index contributed by atoms with van der Waals surface area (Å²) in [6.45, 7) is 11.0. The first-order chi connectivity index (χ1) is 8.47. The van der Waals surface area contributed by atoms with Gasteiger partial charge in [0.05, 0.1) is 0 Å². The van der Waals surface area contributed by atoms with Crippen LogP contribution in [0.5, 0.6) is 0 Å². The fourth-order valence-corrected chi connectivity index (χ4v) is 1.85. The number of hydrogen-bond donors (Lipinski definition) is 1. The molecule has 1 N–H and O–H groups in total. The van der Waals surface area contributed by atoms with Gasteiger partial charge in [-0.25, -0.2) is 0 Å². The van der Waals surface area contributed by atoms with Gasteiger partial charge in [-0.05, 0) is 62.4 Å². The lowest BCUT2D eigenvalue weighted by molar-refractivity contribution is 0.295. The third kappa shape index (κ3) is 5.83. The van der Waals surface area contributed by atoms with Crippen LogP contribution >= 0.6 is 15.9 Å². The zero-order chi connectivity index (χ0) is 14.1. The van der Waals surface area contributed by atoms with Crippen LogP contribution in [0.4, 0.5) is 0 Å². The fourth-order valence-electron chi connectivity index (χ4n) is 1.49. The lowest BCUT2D eigenvalue weighted by atomic mass is 9.97. The van der Waals surface area contributed by atoms with E-state index in [1.54, 1.807) is 0 Å². The summed E-state index contributed by atoms with van der Waals surface area (Å²) >= 11 is 3.51. The number of rotatable bonds is 3. The first-order valence-electron chi connectivity index (χ1n) is 6.51. The molecule has 0 fully saturated rings. The van der Waals surface area contributed by atoms with Gasteiger partial charge in [-0.2, -0.15) is 0 Å². The highest BCUT2D eigenvalue weighted by Crippen LogP contribution is 2.26. The van der Waals surface area contributed by atoms with Crippen molar-refractivity contribution < 1.29 is 5.11 Å². The number of aliphatic hydroxyl groups excluding tert-OH is 1. The van der Waals surface area contributed by atoms with Gasteiger partial charge in [0, 0.05) is 11.1 Å². The average Bonchev–Trinajstić information content (AvgIpc) is 2.40. The van der Waals surface area contributed by atoms with E-state index in [2.05, 4.69) is 61.8 Å². The molecule has 18 heavy (non-hydrogen) atoms. The zero-order valence-corrected chi connectivity index (χ0v) is 13.8. The van der Waals surface area contributed by atoms with Crippen molar-refractivity contribution in [2.75, 3.05) is 6.61 Å². The Labute approximate surface area is 120 Å². The molecule has 0 bridgehead atoms. The largest absolute Gasteiger partial charge is 0.396 e. The molecular weight excluding hydrogens is 288 g/mol. The van der Waals surface area contributed by atoms with E-state index in [1.165, 1.54) is 22.3 Å². The SMILES string of the molecule is CC/C(C)=C(/C)c1cc(Br)ccc1C.CCCO. The van der Waals surface area contributed by atoms with Crippen molar-refractivity contribution in [3.63, 3.8) is 0 Å². The van der Waals surface area contributed by atoms with E-state index in [-0.39, 0.29) is 0 Å². The molecule has 0 amide bonds. The summed E-state index contributed by atoms with van der Waals surface area (Å²) < 4.78 is 1.15. The summed E-state index contributed by atoms with van der Waals surface area (Å²) in [6, 6.07) is 6.45. The van der Waals surface area contributed by atoms with E-state index in [1.807, 2.05) is 6.92 Å². The van der Waals surface area contributed by atoms with Gasteiger partial charge in [0.2, 0.25) is 0 Å². The average molecular weight is 313 g/mol. The van der Waals surface area contributed by atoms with Gasteiger partial charge in [0.15, 0.2) is 0 Å². The maximum Gasteiger partial charge on any atom is 0.0428 e. The summed E-state index contributed by atoms with van der Waals surface area (Å²) in [7, 11) is 0. The monoisotopic (exact) mass is 312 g/mol. The Morgan fingerprint density at radius 3 is 2.22 bits per heavy atom. The predicted molar refractivity (Wildman–Crippen MR) is 84.8 cm³/mol. The molecule has 0 saturated heterocycles. The molecule has 1 aromatic rings. The van der Waals surface area contributed by atoms with Crippen LogP contribution in [-0.4, -0.2) is 11.7 Å². The molecule has 1 rings (SSSR count). The molecule has 0 aliphatic rings. The highest BCUT2D eigenvalue weighted by molar-refractivity contribution is 9.10. The Hall–Kier alpha value is -0.600. The van der Waals surface area contributed by atoms with Crippen molar-refractivity contribution in [2.24, 2.45) is 0 Å². The second-order valence-corrected chi connectivity index (χ2v) is 5.36. The predicted octanol–water partition coefficient (Wildman–Crippen LogP) is 5.35. The third-order valence-electron chi connectivity index (χ3n) is 3.00. The molecular formula is C16H25BrO. The van der Waals surface area contributed by atoms with Crippen molar-refractivity contribution in [3.8, 4) is 0 Å². The summed E-state index contributed by atoms with van der Waals surface area (Å²) in [4.78, 5) is 0. The van der Waals surface area contributed by atoms with Crippen molar-refractivity contribution >= 4 is 21.5 Å². The number of aliphatic hydroxyl groups is 1. The smallest absolute Gasteiger partial charge is 0.0428 e. The quantitative estimate of drug-likeness (QED) is 0.797. The molecule has 0 unspecified atom stereocenters. The molecule has 0 aliphatic heterocycles. The molecule has 0 spiro atoms. The van der Waals surface area contributed by atoms with Crippen LogP contribution in [0.1, 0.15) is 51.7 Å². The van der Waals surface area contributed by atoms with Crippen LogP contribution in [0.2, 0.25) is 0 Å². The van der Waals surface area contributed by atoms with Crippen molar-refractivity contribution in [3.05, 3.63) is 39.4 Å². The summed E-state index contributed by atoms with van der Waals surface area (Å²) in [5.41, 5.74) is 5.58. The third-order valence-corrected chi connectivity index (χ3v) is 3.49. The van der Waals surface area contributed by atoms with Crippen LogP contribution in [0.25, 0.3) is 5.57 Å². The first kappa shape index (κ1) is 17.4. The molecule has 0 heterocycles. The van der Waals surface area contributed by atoms with E-state index in [9.17, 15) is 0 Å². The highest BCUT2D eigenvalue weighted by atomic mass is 79.9. The number of allylic oxidation sites excluding steroid dienone is 2. The second-order valence-electron chi connectivity index (χ2n) is 4.44. The first-order valence-corrected chi connectivity index (χ1v) is 7.30. The summed E-state index contributed by atoms with van der Waals surface area (Å²) in [5, 5.41) is 7.88. The van der Waals surface area contributed by atoms with Gasteiger partial charge in [-0.3, -0.25) is 0 Å². The Morgan fingerprint density at radius 1 is 1.22 bits per heavy atom. The Morgan fingerprint density at radius 2 is 1.78 bits per heavy atom. The molecule has 2 heteroatoms. The molecule has 0 radical (unpaired) electrons. The van der Waals surface area contributed by atoms with Crippen molar-refractivity contribution in [1.82, 2.24) is 0 Å². The molecule has 0 atom stereocenters. The standard InChI is InChI=1S/C13H17Br.C3H8O/c1-5-9(2)11(4)13-8-12(14)7-6-10(13)3;1-2-3-4/h6-8H,5H2,1-4H3;4H,2-3H2,1H3/b11-9-;. The Kier molecular flexibility index (Phi) is 9.03. The van der Waals surface area contributed by atoms with Gasteiger partial charge < -0.3 is 5.11 Å². The minimum absolute atomic E-state index is 0.319. The normalized spacial score (nSPS) is 11.5. The lowest BCUT2D eigenvalue weighted by Crippen LogP contribution is -1.88. The number of aryl methyl sites for hydroxylation is 1. The van der Waals surface area contributed by atoms with Gasteiger partial charge in [-0.1, -0.05) is 41.4 Å².